The van der Waals surface area contributed by atoms with Gasteiger partial charge in [0.2, 0.25) is 0 Å². The van der Waals surface area contributed by atoms with E-state index in [2.05, 4.69) is 0 Å². The Balaban J connectivity index is 3.96. The molecule has 0 atom stereocenters. The molecular formula is C7H12O4. The summed E-state index contributed by atoms with van der Waals surface area (Å²) in [5.74, 6) is -1.01. The predicted molar refractivity (Wildman–Crippen MR) is 39.0 cm³/mol. The van der Waals surface area contributed by atoms with Gasteiger partial charge in [-0.15, -0.1) is 0 Å². The highest BCUT2D eigenvalue weighted by Gasteiger charge is 1.99. The van der Waals surface area contributed by atoms with E-state index in [9.17, 15) is 4.79 Å². The molecule has 0 aliphatic rings. The zero-order chi connectivity index (χ0) is 8.69. The van der Waals surface area contributed by atoms with Crippen LogP contribution in [0.3, 0.4) is 0 Å². The van der Waals surface area contributed by atoms with Crippen LogP contribution in [0.25, 0.3) is 0 Å². The van der Waals surface area contributed by atoms with Gasteiger partial charge in [-0.25, -0.2) is 4.79 Å². The molecule has 0 saturated carbocycles. The van der Waals surface area contributed by atoms with Crippen LogP contribution in [0.4, 0.5) is 0 Å². The van der Waals surface area contributed by atoms with Crippen LogP contribution in [0.15, 0.2) is 12.0 Å². The van der Waals surface area contributed by atoms with Gasteiger partial charge in [0.15, 0.2) is 0 Å². The zero-order valence-corrected chi connectivity index (χ0v) is 6.66. The van der Waals surface area contributed by atoms with Crippen molar-refractivity contribution in [3.63, 3.8) is 0 Å². The van der Waals surface area contributed by atoms with E-state index in [-0.39, 0.29) is 5.95 Å². The molecule has 0 aliphatic carbocycles. The molecule has 0 spiro atoms. The van der Waals surface area contributed by atoms with Crippen molar-refractivity contribution < 1.29 is 19.4 Å². The topological polar surface area (TPSA) is 55.8 Å². The largest absolute Gasteiger partial charge is 0.478 e. The molecule has 0 radical (unpaired) electrons. The number of hydrogen-bond acceptors (Lipinski definition) is 3. The summed E-state index contributed by atoms with van der Waals surface area (Å²) in [5.41, 5.74) is 0. The van der Waals surface area contributed by atoms with E-state index >= 15 is 0 Å². The molecule has 0 bridgehead atoms. The number of ether oxygens (including phenoxy) is 2. The minimum atomic E-state index is -1.07. The highest BCUT2D eigenvalue weighted by molar-refractivity contribution is 5.79. The third kappa shape index (κ3) is 5.26. The van der Waals surface area contributed by atoms with Crippen molar-refractivity contribution in [2.24, 2.45) is 0 Å². The van der Waals surface area contributed by atoms with E-state index in [0.717, 1.165) is 6.08 Å². The number of carboxylic acids is 1. The van der Waals surface area contributed by atoms with Crippen LogP contribution in [0.2, 0.25) is 0 Å². The molecule has 0 amide bonds. The molecule has 1 N–H and O–H groups in total. The number of carbonyl (C=O) groups is 1. The molecule has 0 saturated heterocycles. The van der Waals surface area contributed by atoms with Gasteiger partial charge < -0.3 is 14.6 Å². The fourth-order valence-electron chi connectivity index (χ4n) is 0.510. The van der Waals surface area contributed by atoms with Crippen molar-refractivity contribution in [3.8, 4) is 0 Å². The standard InChI is InChI=1S/C7H12O4/c1-3-10-7(11-4-2)5-6(8)9/h5H,3-4H2,1-2H3,(H,8,9). The molecule has 4 nitrogen and oxygen atoms in total. The van der Waals surface area contributed by atoms with E-state index in [0.29, 0.717) is 13.2 Å². The van der Waals surface area contributed by atoms with Gasteiger partial charge in [-0.3, -0.25) is 0 Å². The lowest BCUT2D eigenvalue weighted by Gasteiger charge is -2.06. The Morgan fingerprint density at radius 1 is 1.36 bits per heavy atom. The Hall–Kier alpha value is -1.19. The summed E-state index contributed by atoms with van der Waals surface area (Å²) in [6, 6.07) is 0. The molecule has 0 aromatic heterocycles. The van der Waals surface area contributed by atoms with Gasteiger partial charge in [0.25, 0.3) is 5.95 Å². The van der Waals surface area contributed by atoms with Crippen LogP contribution < -0.4 is 0 Å². The Labute approximate surface area is 65.4 Å². The van der Waals surface area contributed by atoms with Gasteiger partial charge in [-0.2, -0.15) is 0 Å². The molecule has 0 aliphatic heterocycles. The van der Waals surface area contributed by atoms with Crippen molar-refractivity contribution in [3.05, 3.63) is 12.0 Å². The van der Waals surface area contributed by atoms with Gasteiger partial charge in [0.05, 0.1) is 13.2 Å². The average Bonchev–Trinajstić information content (AvgIpc) is 1.87. The molecule has 0 rings (SSSR count). The summed E-state index contributed by atoms with van der Waals surface area (Å²) in [5, 5.41) is 8.30. The molecule has 11 heavy (non-hydrogen) atoms. The molecule has 0 aromatic carbocycles. The summed E-state index contributed by atoms with van der Waals surface area (Å²) in [6.45, 7) is 4.32. The highest BCUT2D eigenvalue weighted by Crippen LogP contribution is 1.98. The van der Waals surface area contributed by atoms with Crippen molar-refractivity contribution in [2.75, 3.05) is 13.2 Å². The lowest BCUT2D eigenvalue weighted by Crippen LogP contribution is -2.01. The van der Waals surface area contributed by atoms with Crippen LogP contribution in [0.1, 0.15) is 13.8 Å². The minimum absolute atomic E-state index is 0.0579. The second kappa shape index (κ2) is 5.58. The fraction of sp³-hybridized carbons (Fsp3) is 0.571. The highest BCUT2D eigenvalue weighted by atomic mass is 16.7. The monoisotopic (exact) mass is 160 g/mol. The fourth-order valence-corrected chi connectivity index (χ4v) is 0.510. The lowest BCUT2D eigenvalue weighted by atomic mass is 10.6. The molecule has 64 valence electrons. The number of carboxylic acid groups (broad SMARTS) is 1. The maximum Gasteiger partial charge on any atom is 0.335 e. The summed E-state index contributed by atoms with van der Waals surface area (Å²) in [6.07, 6.45) is 0.896. The normalized spacial score (nSPS) is 8.55. The molecular weight excluding hydrogens is 148 g/mol. The van der Waals surface area contributed by atoms with Crippen LogP contribution in [-0.2, 0) is 14.3 Å². The first-order valence-electron chi connectivity index (χ1n) is 3.40. The summed E-state index contributed by atoms with van der Waals surface area (Å²) < 4.78 is 9.70. The quantitative estimate of drug-likeness (QED) is 0.481. The minimum Gasteiger partial charge on any atom is -0.478 e. The Morgan fingerprint density at radius 2 is 1.82 bits per heavy atom. The molecule has 0 heterocycles. The number of hydrogen-bond donors (Lipinski definition) is 1. The summed E-state index contributed by atoms with van der Waals surface area (Å²) >= 11 is 0. The van der Waals surface area contributed by atoms with Gasteiger partial charge in [0.1, 0.15) is 6.08 Å². The van der Waals surface area contributed by atoms with Crippen molar-refractivity contribution in [2.45, 2.75) is 13.8 Å². The molecule has 0 unspecified atom stereocenters. The second-order valence-corrected chi connectivity index (χ2v) is 1.67. The van der Waals surface area contributed by atoms with Crippen LogP contribution in [0, 0.1) is 0 Å². The van der Waals surface area contributed by atoms with E-state index in [1.165, 1.54) is 0 Å². The van der Waals surface area contributed by atoms with Crippen LogP contribution >= 0.6 is 0 Å². The average molecular weight is 160 g/mol. The Morgan fingerprint density at radius 3 is 2.09 bits per heavy atom. The Kier molecular flexibility index (Phi) is 4.98. The van der Waals surface area contributed by atoms with Crippen LogP contribution in [-0.4, -0.2) is 24.3 Å². The van der Waals surface area contributed by atoms with Crippen molar-refractivity contribution in [1.82, 2.24) is 0 Å². The zero-order valence-electron chi connectivity index (χ0n) is 6.66. The first-order chi connectivity index (χ1) is 5.20. The molecule has 0 aromatic rings. The maximum atomic E-state index is 10.1. The smallest absolute Gasteiger partial charge is 0.335 e. The van der Waals surface area contributed by atoms with Crippen molar-refractivity contribution >= 4 is 5.97 Å². The van der Waals surface area contributed by atoms with Crippen LogP contribution in [0.5, 0.6) is 0 Å². The van der Waals surface area contributed by atoms with E-state index < -0.39 is 5.97 Å². The van der Waals surface area contributed by atoms with E-state index in [1.54, 1.807) is 13.8 Å². The maximum absolute atomic E-state index is 10.1. The number of aliphatic carboxylic acids is 1. The van der Waals surface area contributed by atoms with Gasteiger partial charge in [0, 0.05) is 0 Å². The Bertz CT molecular complexity index is 143. The first kappa shape index (κ1) is 9.81. The van der Waals surface area contributed by atoms with E-state index in [1.807, 2.05) is 0 Å². The summed E-state index contributed by atoms with van der Waals surface area (Å²) in [4.78, 5) is 10.1. The first-order valence-corrected chi connectivity index (χ1v) is 3.40. The van der Waals surface area contributed by atoms with Crippen molar-refractivity contribution in [1.29, 1.82) is 0 Å². The summed E-state index contributed by atoms with van der Waals surface area (Å²) in [7, 11) is 0. The molecule has 4 heteroatoms. The third-order valence-electron chi connectivity index (χ3n) is 0.815. The molecule has 0 fully saturated rings. The van der Waals surface area contributed by atoms with Gasteiger partial charge in [-0.05, 0) is 13.8 Å². The lowest BCUT2D eigenvalue weighted by molar-refractivity contribution is -0.132. The van der Waals surface area contributed by atoms with E-state index in [4.69, 9.17) is 14.6 Å². The van der Waals surface area contributed by atoms with Gasteiger partial charge in [-0.1, -0.05) is 0 Å². The SMILES string of the molecule is CCOC(=CC(=O)O)OCC. The third-order valence-corrected chi connectivity index (χ3v) is 0.815. The number of rotatable bonds is 5. The predicted octanol–water partition coefficient (Wildman–Crippen LogP) is 0.985. The van der Waals surface area contributed by atoms with Gasteiger partial charge >= 0.3 is 5.97 Å². The second-order valence-electron chi connectivity index (χ2n) is 1.67.